The van der Waals surface area contributed by atoms with Crippen molar-refractivity contribution < 1.29 is 9.47 Å². The molecule has 0 aliphatic heterocycles. The molecule has 0 saturated heterocycles. The molecule has 3 rings (SSSR count). The number of rotatable bonds is 6. The first-order chi connectivity index (χ1) is 11.1. The fourth-order valence-corrected chi connectivity index (χ4v) is 3.26. The normalized spacial score (nSPS) is 11.3. The first kappa shape index (κ1) is 15.7. The van der Waals surface area contributed by atoms with Crippen LogP contribution in [0.5, 0.6) is 11.5 Å². The third-order valence-corrected chi connectivity index (χ3v) is 4.61. The van der Waals surface area contributed by atoms with E-state index >= 15 is 0 Å². The first-order valence-electron chi connectivity index (χ1n) is 7.54. The van der Waals surface area contributed by atoms with E-state index in [9.17, 15) is 0 Å². The fraction of sp³-hybridized carbons (Fsp3) is 0.438. The third-order valence-electron chi connectivity index (χ3n) is 3.65. The highest BCUT2D eigenvalue weighted by Crippen LogP contribution is 2.28. The number of methoxy groups -OCH3 is 2. The predicted octanol–water partition coefficient (Wildman–Crippen LogP) is 3.11. The van der Waals surface area contributed by atoms with Gasteiger partial charge in [0.1, 0.15) is 5.01 Å². The number of ether oxygens (including phenoxy) is 2. The van der Waals surface area contributed by atoms with E-state index in [1.54, 1.807) is 25.6 Å². The standard InChI is InChI=1S/C16H20N4O2S/c1-10(2)15-17-18-16-20(15)19-14(23-16)8-6-11-5-7-12(21-3)13(9-11)22-4/h5,7,9-10H,6,8H2,1-4H3. The molecular formula is C16H20N4O2S. The van der Waals surface area contributed by atoms with Gasteiger partial charge in [-0.3, -0.25) is 0 Å². The Morgan fingerprint density at radius 1 is 1.09 bits per heavy atom. The quantitative estimate of drug-likeness (QED) is 0.694. The highest BCUT2D eigenvalue weighted by atomic mass is 32.1. The predicted molar refractivity (Wildman–Crippen MR) is 89.7 cm³/mol. The van der Waals surface area contributed by atoms with Crippen LogP contribution in [0, 0.1) is 0 Å². The van der Waals surface area contributed by atoms with Crippen LogP contribution in [0.15, 0.2) is 18.2 Å². The Labute approximate surface area is 139 Å². The smallest absolute Gasteiger partial charge is 0.234 e. The Balaban J connectivity index is 1.75. The molecular weight excluding hydrogens is 312 g/mol. The van der Waals surface area contributed by atoms with Gasteiger partial charge in [0.2, 0.25) is 4.96 Å². The summed E-state index contributed by atoms with van der Waals surface area (Å²) in [7, 11) is 3.29. The number of hydrogen-bond donors (Lipinski definition) is 0. The summed E-state index contributed by atoms with van der Waals surface area (Å²) >= 11 is 1.59. The summed E-state index contributed by atoms with van der Waals surface area (Å²) in [5.74, 6) is 2.72. The second kappa shape index (κ2) is 6.54. The topological polar surface area (TPSA) is 61.5 Å². The van der Waals surface area contributed by atoms with Gasteiger partial charge < -0.3 is 9.47 Å². The third kappa shape index (κ3) is 3.14. The Kier molecular flexibility index (Phi) is 4.47. The molecule has 3 aromatic rings. The van der Waals surface area contributed by atoms with Crippen molar-refractivity contribution in [2.75, 3.05) is 14.2 Å². The largest absolute Gasteiger partial charge is 0.493 e. The molecule has 0 fully saturated rings. The van der Waals surface area contributed by atoms with E-state index in [2.05, 4.69) is 35.2 Å². The minimum Gasteiger partial charge on any atom is -0.493 e. The van der Waals surface area contributed by atoms with Gasteiger partial charge in [0.05, 0.1) is 14.2 Å². The summed E-state index contributed by atoms with van der Waals surface area (Å²) in [6.07, 6.45) is 1.75. The van der Waals surface area contributed by atoms with Crippen LogP contribution in [0.2, 0.25) is 0 Å². The molecule has 0 atom stereocenters. The number of fused-ring (bicyclic) bond motifs is 1. The van der Waals surface area contributed by atoms with Crippen LogP contribution in [0.4, 0.5) is 0 Å². The molecule has 122 valence electrons. The fourth-order valence-electron chi connectivity index (χ4n) is 2.42. The van der Waals surface area contributed by atoms with Gasteiger partial charge in [-0.1, -0.05) is 31.3 Å². The van der Waals surface area contributed by atoms with Crippen molar-refractivity contribution in [2.24, 2.45) is 0 Å². The molecule has 0 radical (unpaired) electrons. The van der Waals surface area contributed by atoms with Gasteiger partial charge in [-0.15, -0.1) is 10.2 Å². The van der Waals surface area contributed by atoms with Gasteiger partial charge >= 0.3 is 0 Å². The van der Waals surface area contributed by atoms with Crippen LogP contribution in [0.3, 0.4) is 0 Å². The summed E-state index contributed by atoms with van der Waals surface area (Å²) in [5.41, 5.74) is 1.19. The van der Waals surface area contributed by atoms with Crippen LogP contribution in [0.1, 0.15) is 36.2 Å². The van der Waals surface area contributed by atoms with Crippen LogP contribution in [0.25, 0.3) is 4.96 Å². The molecule has 0 aliphatic rings. The second-order valence-corrected chi connectivity index (χ2v) is 6.63. The van der Waals surface area contributed by atoms with Gasteiger partial charge in [-0.25, -0.2) is 0 Å². The second-order valence-electron chi connectivity index (χ2n) is 5.59. The summed E-state index contributed by atoms with van der Waals surface area (Å²) in [5, 5.41) is 14.1. The SMILES string of the molecule is COc1ccc(CCc2nn3c(C(C)C)nnc3s2)cc1OC. The number of aromatic nitrogens is 4. The first-order valence-corrected chi connectivity index (χ1v) is 8.36. The minimum absolute atomic E-state index is 0.311. The highest BCUT2D eigenvalue weighted by Gasteiger charge is 2.14. The van der Waals surface area contributed by atoms with Gasteiger partial charge in [0.15, 0.2) is 17.3 Å². The Bertz CT molecular complexity index is 810. The van der Waals surface area contributed by atoms with Crippen molar-refractivity contribution >= 4 is 16.3 Å². The monoisotopic (exact) mass is 332 g/mol. The van der Waals surface area contributed by atoms with Crippen molar-refractivity contribution in [2.45, 2.75) is 32.6 Å². The molecule has 2 heterocycles. The number of aryl methyl sites for hydroxylation is 2. The molecule has 0 spiro atoms. The van der Waals surface area contributed by atoms with Crippen molar-refractivity contribution in [3.63, 3.8) is 0 Å². The lowest BCUT2D eigenvalue weighted by Crippen LogP contribution is -1.99. The van der Waals surface area contributed by atoms with E-state index in [1.165, 1.54) is 5.56 Å². The van der Waals surface area contributed by atoms with Gasteiger partial charge in [0.25, 0.3) is 0 Å². The van der Waals surface area contributed by atoms with E-state index in [-0.39, 0.29) is 0 Å². The molecule has 0 amide bonds. The maximum absolute atomic E-state index is 5.35. The lowest BCUT2D eigenvalue weighted by atomic mass is 10.1. The number of hydrogen-bond acceptors (Lipinski definition) is 6. The van der Waals surface area contributed by atoms with Gasteiger partial charge in [-0.2, -0.15) is 9.61 Å². The van der Waals surface area contributed by atoms with E-state index in [4.69, 9.17) is 9.47 Å². The average Bonchev–Trinajstić information content (AvgIpc) is 3.12. The Hall–Kier alpha value is -2.15. The zero-order valence-electron chi connectivity index (χ0n) is 13.7. The van der Waals surface area contributed by atoms with Crippen molar-refractivity contribution in [3.05, 3.63) is 34.6 Å². The zero-order chi connectivity index (χ0) is 16.4. The summed E-state index contributed by atoms with van der Waals surface area (Å²) < 4.78 is 12.5. The maximum atomic E-state index is 5.35. The molecule has 1 aromatic carbocycles. The van der Waals surface area contributed by atoms with E-state index in [0.29, 0.717) is 5.92 Å². The summed E-state index contributed by atoms with van der Waals surface area (Å²) in [6, 6.07) is 6.00. The highest BCUT2D eigenvalue weighted by molar-refractivity contribution is 7.16. The van der Waals surface area contributed by atoms with Gasteiger partial charge in [-0.05, 0) is 24.1 Å². The molecule has 7 heteroatoms. The van der Waals surface area contributed by atoms with Crippen LogP contribution in [-0.2, 0) is 12.8 Å². The molecule has 6 nitrogen and oxygen atoms in total. The lowest BCUT2D eigenvalue weighted by molar-refractivity contribution is 0.354. The molecule has 0 N–H and O–H groups in total. The van der Waals surface area contributed by atoms with Crippen molar-refractivity contribution in [3.8, 4) is 11.5 Å². The molecule has 23 heavy (non-hydrogen) atoms. The molecule has 0 bridgehead atoms. The van der Waals surface area contributed by atoms with Crippen LogP contribution >= 0.6 is 11.3 Å². The number of nitrogens with zero attached hydrogens (tertiary/aromatic N) is 4. The lowest BCUT2D eigenvalue weighted by Gasteiger charge is -2.09. The van der Waals surface area contributed by atoms with Crippen molar-refractivity contribution in [1.82, 2.24) is 19.8 Å². The summed E-state index contributed by atoms with van der Waals surface area (Å²) in [4.78, 5) is 0.857. The van der Waals surface area contributed by atoms with E-state index in [1.807, 2.05) is 16.6 Å². The van der Waals surface area contributed by atoms with Crippen molar-refractivity contribution in [1.29, 1.82) is 0 Å². The van der Waals surface area contributed by atoms with Crippen LogP contribution < -0.4 is 9.47 Å². The number of benzene rings is 1. The Morgan fingerprint density at radius 3 is 2.57 bits per heavy atom. The summed E-state index contributed by atoms with van der Waals surface area (Å²) in [6.45, 7) is 4.19. The van der Waals surface area contributed by atoms with Crippen LogP contribution in [-0.4, -0.2) is 34.0 Å². The van der Waals surface area contributed by atoms with E-state index in [0.717, 1.165) is 40.1 Å². The average molecular weight is 332 g/mol. The van der Waals surface area contributed by atoms with E-state index < -0.39 is 0 Å². The molecule has 2 aromatic heterocycles. The maximum Gasteiger partial charge on any atom is 0.234 e. The molecule has 0 aliphatic carbocycles. The molecule has 0 unspecified atom stereocenters. The molecule has 0 saturated carbocycles. The minimum atomic E-state index is 0.311. The Morgan fingerprint density at radius 2 is 1.87 bits per heavy atom. The van der Waals surface area contributed by atoms with Gasteiger partial charge in [0, 0.05) is 12.3 Å². The zero-order valence-corrected chi connectivity index (χ0v) is 14.6.